The van der Waals surface area contributed by atoms with Crippen molar-refractivity contribution in [2.45, 2.75) is 0 Å². The summed E-state index contributed by atoms with van der Waals surface area (Å²) in [5.41, 5.74) is 11.7. The number of benzene rings is 9. The van der Waals surface area contributed by atoms with Gasteiger partial charge in [-0.15, -0.1) is 11.3 Å². The van der Waals surface area contributed by atoms with E-state index < -0.39 is 0 Å². The largest absolute Gasteiger partial charge is 0.309 e. The van der Waals surface area contributed by atoms with Gasteiger partial charge in [-0.05, 0) is 76.0 Å². The van der Waals surface area contributed by atoms with E-state index in [1.54, 1.807) is 0 Å². The van der Waals surface area contributed by atoms with Crippen LogP contribution in [0.2, 0.25) is 0 Å². The summed E-state index contributed by atoms with van der Waals surface area (Å²) in [6.07, 6.45) is 0. The summed E-state index contributed by atoms with van der Waals surface area (Å²) >= 11 is 1.87. The van der Waals surface area contributed by atoms with Crippen molar-refractivity contribution in [2.75, 3.05) is 4.90 Å². The van der Waals surface area contributed by atoms with Crippen LogP contribution in [0.5, 0.6) is 0 Å². The smallest absolute Gasteiger partial charge is 0.0640 e. The van der Waals surface area contributed by atoms with Crippen LogP contribution in [-0.4, -0.2) is 4.57 Å². The Morgan fingerprint density at radius 2 is 1.02 bits per heavy atom. The van der Waals surface area contributed by atoms with Gasteiger partial charge in [-0.25, -0.2) is 0 Å². The van der Waals surface area contributed by atoms with E-state index in [0.29, 0.717) is 0 Å². The van der Waals surface area contributed by atoms with Crippen LogP contribution in [0.15, 0.2) is 206 Å². The molecule has 0 radical (unpaired) electrons. The number of aromatic nitrogens is 1. The second-order valence-electron chi connectivity index (χ2n) is 14.1. The third-order valence-corrected chi connectivity index (χ3v) is 12.2. The van der Waals surface area contributed by atoms with Crippen LogP contribution in [0.25, 0.3) is 80.7 Å². The third kappa shape index (κ3) is 5.09. The van der Waals surface area contributed by atoms with E-state index >= 15 is 0 Å². The van der Waals surface area contributed by atoms with Crippen molar-refractivity contribution in [1.29, 1.82) is 0 Å². The summed E-state index contributed by atoms with van der Waals surface area (Å²) in [5.74, 6) is 0. The van der Waals surface area contributed by atoms with Crippen LogP contribution in [-0.2, 0) is 0 Å². The summed E-state index contributed by atoms with van der Waals surface area (Å²) in [6.45, 7) is 0. The van der Waals surface area contributed by atoms with Gasteiger partial charge in [0.1, 0.15) is 0 Å². The van der Waals surface area contributed by atoms with E-state index in [9.17, 15) is 0 Å². The Bertz CT molecular complexity index is 3200. The highest BCUT2D eigenvalue weighted by Crippen LogP contribution is 2.49. The molecule has 0 unspecified atom stereocenters. The molecule has 0 aliphatic rings. The number of thiophene rings is 1. The molecule has 0 saturated heterocycles. The van der Waals surface area contributed by atoms with Gasteiger partial charge in [-0.2, -0.15) is 0 Å². The molecule has 0 spiro atoms. The molecule has 11 rings (SSSR count). The molecule has 0 N–H and O–H groups in total. The Balaban J connectivity index is 1.23. The lowest BCUT2D eigenvalue weighted by atomic mass is 9.90. The molecule has 0 amide bonds. The number of hydrogen-bond acceptors (Lipinski definition) is 2. The van der Waals surface area contributed by atoms with Gasteiger partial charge < -0.3 is 9.47 Å². The van der Waals surface area contributed by atoms with Crippen LogP contribution in [0.4, 0.5) is 17.1 Å². The lowest BCUT2D eigenvalue weighted by Gasteiger charge is -2.29. The van der Waals surface area contributed by atoms with Crippen molar-refractivity contribution < 1.29 is 0 Å². The zero-order chi connectivity index (χ0) is 36.3. The maximum Gasteiger partial charge on any atom is 0.0640 e. The van der Waals surface area contributed by atoms with Crippen molar-refractivity contribution in [2.24, 2.45) is 0 Å². The Morgan fingerprint density at radius 1 is 0.400 bits per heavy atom. The van der Waals surface area contributed by atoms with Crippen LogP contribution in [0.1, 0.15) is 0 Å². The zero-order valence-corrected chi connectivity index (χ0v) is 30.7. The topological polar surface area (TPSA) is 8.17 Å². The molecule has 3 heteroatoms. The van der Waals surface area contributed by atoms with E-state index in [1.165, 1.54) is 75.0 Å². The molecule has 0 bridgehead atoms. The maximum absolute atomic E-state index is 2.50. The van der Waals surface area contributed by atoms with Gasteiger partial charge in [0.15, 0.2) is 0 Å². The minimum atomic E-state index is 1.11. The minimum absolute atomic E-state index is 1.11. The van der Waals surface area contributed by atoms with Gasteiger partial charge in [0, 0.05) is 43.2 Å². The fourth-order valence-electron chi connectivity index (χ4n) is 8.59. The predicted octanol–water partition coefficient (Wildman–Crippen LogP) is 15.1. The van der Waals surface area contributed by atoms with Gasteiger partial charge >= 0.3 is 0 Å². The first-order valence-corrected chi connectivity index (χ1v) is 19.6. The fraction of sp³-hybridized carbons (Fsp3) is 0. The van der Waals surface area contributed by atoms with Crippen molar-refractivity contribution in [3.8, 4) is 27.9 Å². The Kier molecular flexibility index (Phi) is 7.39. The molecule has 0 atom stereocenters. The molecule has 258 valence electrons. The first-order chi connectivity index (χ1) is 27.3. The van der Waals surface area contributed by atoms with Crippen LogP contribution in [0, 0.1) is 0 Å². The third-order valence-electron chi connectivity index (χ3n) is 11.0. The van der Waals surface area contributed by atoms with Crippen molar-refractivity contribution in [1.82, 2.24) is 4.57 Å². The van der Waals surface area contributed by atoms with Crippen LogP contribution in [0.3, 0.4) is 0 Å². The van der Waals surface area contributed by atoms with Crippen molar-refractivity contribution in [3.63, 3.8) is 0 Å². The fourth-order valence-corrected chi connectivity index (χ4v) is 9.80. The minimum Gasteiger partial charge on any atom is -0.309 e. The standard InChI is InChI=1S/C52H34N2S/c1-3-16-35(17-4-1)39-25-13-18-36-19-14-26-44(51(36)39)41-23-8-11-29-47(41)54(48-30-15-27-45-43-24-9-12-31-50(43)55-52(45)48)38-32-33-42-40-22-7-10-28-46(40)53(49(42)34-38)37-20-5-2-6-21-37/h1-34H. The molecular weight excluding hydrogens is 685 g/mol. The highest BCUT2D eigenvalue weighted by atomic mass is 32.1. The van der Waals surface area contributed by atoms with E-state index in [-0.39, 0.29) is 0 Å². The van der Waals surface area contributed by atoms with Crippen LogP contribution < -0.4 is 4.90 Å². The van der Waals surface area contributed by atoms with Crippen LogP contribution >= 0.6 is 11.3 Å². The zero-order valence-electron chi connectivity index (χ0n) is 29.9. The molecule has 0 aliphatic carbocycles. The van der Waals surface area contributed by atoms with E-state index in [0.717, 1.165) is 22.7 Å². The summed E-state index contributed by atoms with van der Waals surface area (Å²) in [5, 5.41) is 7.52. The Hall–Kier alpha value is -6.94. The summed E-state index contributed by atoms with van der Waals surface area (Å²) in [7, 11) is 0. The van der Waals surface area contributed by atoms with Crippen molar-refractivity contribution >= 4 is 81.1 Å². The lowest BCUT2D eigenvalue weighted by molar-refractivity contribution is 1.18. The second kappa shape index (κ2) is 12.9. The number of para-hydroxylation sites is 3. The van der Waals surface area contributed by atoms with Gasteiger partial charge in [0.05, 0.1) is 27.1 Å². The van der Waals surface area contributed by atoms with Gasteiger partial charge in [0.25, 0.3) is 0 Å². The maximum atomic E-state index is 2.50. The molecular formula is C52H34N2S. The summed E-state index contributed by atoms with van der Waals surface area (Å²) in [4.78, 5) is 2.50. The number of nitrogens with zero attached hydrogens (tertiary/aromatic N) is 2. The average Bonchev–Trinajstić information content (AvgIpc) is 3.80. The second-order valence-corrected chi connectivity index (χ2v) is 15.1. The number of anilines is 3. The monoisotopic (exact) mass is 718 g/mol. The average molecular weight is 719 g/mol. The quantitative estimate of drug-likeness (QED) is 0.166. The number of fused-ring (bicyclic) bond motifs is 7. The van der Waals surface area contributed by atoms with Crippen molar-refractivity contribution in [3.05, 3.63) is 206 Å². The molecule has 2 nitrogen and oxygen atoms in total. The molecule has 9 aromatic carbocycles. The molecule has 0 saturated carbocycles. The predicted molar refractivity (Wildman–Crippen MR) is 237 cm³/mol. The van der Waals surface area contributed by atoms with E-state index in [4.69, 9.17) is 0 Å². The van der Waals surface area contributed by atoms with Gasteiger partial charge in [-0.1, -0.05) is 158 Å². The molecule has 2 aromatic heterocycles. The van der Waals surface area contributed by atoms with E-state index in [2.05, 4.69) is 216 Å². The SMILES string of the molecule is c1ccc(-c2cccc3cccc(-c4ccccc4N(c4ccc5c6ccccc6n(-c6ccccc6)c5c4)c4cccc5c4sc4ccccc45)c23)cc1. The molecule has 2 heterocycles. The molecule has 11 aromatic rings. The molecule has 55 heavy (non-hydrogen) atoms. The first-order valence-electron chi connectivity index (χ1n) is 18.8. The highest BCUT2D eigenvalue weighted by Gasteiger charge is 2.23. The van der Waals surface area contributed by atoms with Gasteiger partial charge in [0.2, 0.25) is 0 Å². The Morgan fingerprint density at radius 3 is 1.87 bits per heavy atom. The summed E-state index contributed by atoms with van der Waals surface area (Å²) < 4.78 is 4.97. The molecule has 0 fully saturated rings. The summed E-state index contributed by atoms with van der Waals surface area (Å²) in [6, 6.07) is 75.2. The number of rotatable bonds is 6. The Labute approximate surface area is 323 Å². The van der Waals surface area contributed by atoms with E-state index in [1.807, 2.05) is 11.3 Å². The molecule has 0 aliphatic heterocycles. The first kappa shape index (κ1) is 31.6. The lowest BCUT2D eigenvalue weighted by Crippen LogP contribution is -2.11. The normalized spacial score (nSPS) is 11.6. The number of hydrogen-bond donors (Lipinski definition) is 0. The highest BCUT2D eigenvalue weighted by molar-refractivity contribution is 7.26. The van der Waals surface area contributed by atoms with Gasteiger partial charge in [-0.3, -0.25) is 0 Å².